The van der Waals surface area contributed by atoms with E-state index in [1.54, 1.807) is 26.0 Å². The van der Waals surface area contributed by atoms with Gasteiger partial charge < -0.3 is 16.2 Å². The quantitative estimate of drug-likeness (QED) is 0.408. The Morgan fingerprint density at radius 2 is 2.19 bits per heavy atom. The van der Waals surface area contributed by atoms with E-state index in [1.165, 1.54) is 6.07 Å². The van der Waals surface area contributed by atoms with Crippen LogP contribution in [0, 0.1) is 10.1 Å². The van der Waals surface area contributed by atoms with Crippen molar-refractivity contribution in [1.29, 1.82) is 0 Å². The third-order valence-corrected chi connectivity index (χ3v) is 1.96. The first-order valence-corrected chi connectivity index (χ1v) is 4.80. The maximum Gasteiger partial charge on any atom is 0.314 e. The van der Waals surface area contributed by atoms with Gasteiger partial charge in [0, 0.05) is 6.54 Å². The second kappa shape index (κ2) is 4.36. The van der Waals surface area contributed by atoms with Crippen molar-refractivity contribution in [3.63, 3.8) is 0 Å². The number of nitrogens with two attached hydrogens (primary N) is 1. The van der Waals surface area contributed by atoms with Gasteiger partial charge in [-0.05, 0) is 26.0 Å². The molecule has 0 aliphatic heterocycles. The molecule has 0 aliphatic carbocycles. The number of nitro benzene ring substituents is 1. The Labute approximate surface area is 93.2 Å². The molecule has 0 spiro atoms. The molecule has 1 rings (SSSR count). The van der Waals surface area contributed by atoms with Gasteiger partial charge in [-0.25, -0.2) is 0 Å². The molecule has 1 aromatic carbocycles. The maximum absolute atomic E-state index is 10.8. The summed E-state index contributed by atoms with van der Waals surface area (Å²) in [7, 11) is 0. The van der Waals surface area contributed by atoms with Crippen LogP contribution in [0.25, 0.3) is 0 Å². The smallest absolute Gasteiger partial charge is 0.314 e. The van der Waals surface area contributed by atoms with Crippen molar-refractivity contribution >= 4 is 17.1 Å². The minimum Gasteiger partial charge on any atom is -0.393 e. The number of para-hydroxylation sites is 1. The second-order valence-electron chi connectivity index (χ2n) is 4.17. The lowest BCUT2D eigenvalue weighted by Crippen LogP contribution is -2.29. The highest BCUT2D eigenvalue weighted by Crippen LogP contribution is 2.30. The Hall–Kier alpha value is -1.82. The minimum absolute atomic E-state index is 0.103. The Kier molecular flexibility index (Phi) is 3.34. The van der Waals surface area contributed by atoms with E-state index in [4.69, 9.17) is 5.73 Å². The first kappa shape index (κ1) is 12.3. The third-order valence-electron chi connectivity index (χ3n) is 1.96. The van der Waals surface area contributed by atoms with Gasteiger partial charge in [0.2, 0.25) is 0 Å². The van der Waals surface area contributed by atoms with E-state index in [1.807, 2.05) is 0 Å². The molecule has 0 bridgehead atoms. The van der Waals surface area contributed by atoms with Crippen LogP contribution < -0.4 is 11.1 Å². The van der Waals surface area contributed by atoms with Crippen LogP contribution in [0.2, 0.25) is 0 Å². The van der Waals surface area contributed by atoms with Gasteiger partial charge in [-0.1, -0.05) is 6.07 Å². The van der Waals surface area contributed by atoms with Crippen LogP contribution in [0.1, 0.15) is 13.8 Å². The van der Waals surface area contributed by atoms with Gasteiger partial charge >= 0.3 is 5.69 Å². The Bertz CT molecular complexity index is 399. The van der Waals surface area contributed by atoms with Crippen molar-refractivity contribution in [3.05, 3.63) is 28.3 Å². The van der Waals surface area contributed by atoms with Crippen molar-refractivity contribution in [1.82, 2.24) is 0 Å². The van der Waals surface area contributed by atoms with Gasteiger partial charge in [0.05, 0.1) is 10.5 Å². The molecule has 0 heterocycles. The van der Waals surface area contributed by atoms with E-state index in [0.717, 1.165) is 0 Å². The highest BCUT2D eigenvalue weighted by molar-refractivity contribution is 5.74. The number of nitro groups is 1. The number of aliphatic hydroxyl groups is 1. The predicted octanol–water partition coefficient (Wildman–Crippen LogP) is 1.36. The topological polar surface area (TPSA) is 101 Å². The van der Waals surface area contributed by atoms with Gasteiger partial charge in [-0.3, -0.25) is 10.1 Å². The zero-order valence-corrected chi connectivity index (χ0v) is 9.23. The number of rotatable bonds is 4. The molecule has 6 nitrogen and oxygen atoms in total. The number of anilines is 2. The molecule has 0 fully saturated rings. The summed E-state index contributed by atoms with van der Waals surface area (Å²) in [5.74, 6) is 0. The summed E-state index contributed by atoms with van der Waals surface area (Å²) in [6.07, 6.45) is 0. The lowest BCUT2D eigenvalue weighted by molar-refractivity contribution is -0.383. The van der Waals surface area contributed by atoms with E-state index >= 15 is 0 Å². The van der Waals surface area contributed by atoms with Crippen molar-refractivity contribution in [2.24, 2.45) is 0 Å². The van der Waals surface area contributed by atoms with E-state index in [2.05, 4.69) is 5.32 Å². The van der Waals surface area contributed by atoms with E-state index in [9.17, 15) is 15.2 Å². The van der Waals surface area contributed by atoms with Crippen molar-refractivity contribution < 1.29 is 10.0 Å². The van der Waals surface area contributed by atoms with Crippen LogP contribution >= 0.6 is 0 Å². The Morgan fingerprint density at radius 3 is 2.69 bits per heavy atom. The molecule has 88 valence electrons. The molecule has 16 heavy (non-hydrogen) atoms. The van der Waals surface area contributed by atoms with E-state index in [-0.39, 0.29) is 17.9 Å². The van der Waals surface area contributed by atoms with Crippen LogP contribution in [0.4, 0.5) is 17.1 Å². The number of hydrogen-bond acceptors (Lipinski definition) is 5. The van der Waals surface area contributed by atoms with Gasteiger partial charge in [0.15, 0.2) is 0 Å². The molecule has 0 aromatic heterocycles. The summed E-state index contributed by atoms with van der Waals surface area (Å²) in [6.45, 7) is 3.42. The lowest BCUT2D eigenvalue weighted by atomic mass is 10.1. The number of benzene rings is 1. The molecular formula is C10H15N3O3. The van der Waals surface area contributed by atoms with Crippen LogP contribution in [0.5, 0.6) is 0 Å². The molecular weight excluding hydrogens is 210 g/mol. The molecule has 0 unspecified atom stereocenters. The van der Waals surface area contributed by atoms with Crippen molar-refractivity contribution in [3.8, 4) is 0 Å². The van der Waals surface area contributed by atoms with Crippen LogP contribution in [-0.4, -0.2) is 22.2 Å². The lowest BCUT2D eigenvalue weighted by Gasteiger charge is -2.18. The predicted molar refractivity (Wildman–Crippen MR) is 62.3 cm³/mol. The number of nitrogens with one attached hydrogen (secondary N) is 1. The highest BCUT2D eigenvalue weighted by atomic mass is 16.6. The maximum atomic E-state index is 10.8. The van der Waals surface area contributed by atoms with Crippen molar-refractivity contribution in [2.45, 2.75) is 19.4 Å². The molecule has 4 N–H and O–H groups in total. The Morgan fingerprint density at radius 1 is 1.56 bits per heavy atom. The van der Waals surface area contributed by atoms with E-state index < -0.39 is 10.5 Å². The summed E-state index contributed by atoms with van der Waals surface area (Å²) >= 11 is 0. The number of nitrogens with zero attached hydrogens (tertiary/aromatic N) is 1. The number of nitrogen functional groups attached to an aromatic ring is 1. The van der Waals surface area contributed by atoms with Crippen LogP contribution in [-0.2, 0) is 0 Å². The number of hydrogen-bond donors (Lipinski definition) is 3. The van der Waals surface area contributed by atoms with Crippen LogP contribution in [0.15, 0.2) is 18.2 Å². The molecule has 0 aliphatic rings. The summed E-state index contributed by atoms with van der Waals surface area (Å²) in [4.78, 5) is 10.3. The third kappa shape index (κ3) is 3.09. The fourth-order valence-electron chi connectivity index (χ4n) is 1.22. The molecule has 0 amide bonds. The standard InChI is InChI=1S/C10H15N3O3/c1-10(2,14)6-12-8-5-3-4-7(11)9(8)13(15)16/h3-5,12,14H,6,11H2,1-2H3. The summed E-state index contributed by atoms with van der Waals surface area (Å²) < 4.78 is 0. The average Bonchev–Trinajstić information content (AvgIpc) is 2.12. The Balaban J connectivity index is 2.96. The minimum atomic E-state index is -0.946. The molecule has 0 saturated heterocycles. The zero-order chi connectivity index (χ0) is 12.3. The summed E-state index contributed by atoms with van der Waals surface area (Å²) in [5, 5.41) is 23.1. The first-order chi connectivity index (χ1) is 7.31. The van der Waals surface area contributed by atoms with Gasteiger partial charge in [0.25, 0.3) is 0 Å². The normalized spacial score (nSPS) is 11.2. The van der Waals surface area contributed by atoms with E-state index in [0.29, 0.717) is 5.69 Å². The van der Waals surface area contributed by atoms with Crippen molar-refractivity contribution in [2.75, 3.05) is 17.6 Å². The molecule has 0 saturated carbocycles. The SMILES string of the molecule is CC(C)(O)CNc1cccc(N)c1[N+](=O)[O-]. The molecule has 0 atom stereocenters. The molecule has 0 radical (unpaired) electrons. The van der Waals surface area contributed by atoms with Gasteiger partial charge in [-0.15, -0.1) is 0 Å². The largest absolute Gasteiger partial charge is 0.393 e. The van der Waals surface area contributed by atoms with Gasteiger partial charge in [0.1, 0.15) is 11.4 Å². The fourth-order valence-corrected chi connectivity index (χ4v) is 1.22. The fraction of sp³-hybridized carbons (Fsp3) is 0.400. The summed E-state index contributed by atoms with van der Waals surface area (Å²) in [6, 6.07) is 4.64. The second-order valence-corrected chi connectivity index (χ2v) is 4.17. The highest BCUT2D eigenvalue weighted by Gasteiger charge is 2.19. The molecule has 6 heteroatoms. The average molecular weight is 225 g/mol. The monoisotopic (exact) mass is 225 g/mol. The first-order valence-electron chi connectivity index (χ1n) is 4.80. The van der Waals surface area contributed by atoms with Crippen LogP contribution in [0.3, 0.4) is 0 Å². The zero-order valence-electron chi connectivity index (χ0n) is 9.23. The molecule has 1 aromatic rings. The van der Waals surface area contributed by atoms with Gasteiger partial charge in [-0.2, -0.15) is 0 Å². The summed E-state index contributed by atoms with van der Waals surface area (Å²) in [5.41, 5.74) is 4.83.